The van der Waals surface area contributed by atoms with E-state index in [4.69, 9.17) is 5.84 Å². The molecule has 1 aromatic rings. The normalized spacial score (nSPS) is 19.2. The molecule has 17 heavy (non-hydrogen) atoms. The number of nitrogens with zero attached hydrogens (tertiary/aromatic N) is 1. The molecule has 1 saturated carbocycles. The first-order valence-corrected chi connectivity index (χ1v) is 7.58. The third kappa shape index (κ3) is 3.28. The number of hydrogen-bond acceptors (Lipinski definition) is 3. The molecule has 1 heterocycles. The summed E-state index contributed by atoms with van der Waals surface area (Å²) in [6.45, 7) is 0. The molecule has 0 radical (unpaired) electrons. The summed E-state index contributed by atoms with van der Waals surface area (Å²) in [5.74, 6) is 6.32. The van der Waals surface area contributed by atoms with E-state index < -0.39 is 0 Å². The highest BCUT2D eigenvalue weighted by Crippen LogP contribution is 2.36. The van der Waals surface area contributed by atoms with Gasteiger partial charge in [0.1, 0.15) is 0 Å². The molecule has 3 N–H and O–H groups in total. The van der Waals surface area contributed by atoms with E-state index in [1.807, 2.05) is 12.3 Å². The molecule has 0 saturated heterocycles. The van der Waals surface area contributed by atoms with Crippen LogP contribution in [-0.4, -0.2) is 4.98 Å². The zero-order valence-corrected chi connectivity index (χ0v) is 12.8. The van der Waals surface area contributed by atoms with Gasteiger partial charge in [0.15, 0.2) is 0 Å². The highest BCUT2D eigenvalue weighted by atomic mass is 79.9. The minimum absolute atomic E-state index is 0.151. The van der Waals surface area contributed by atoms with Gasteiger partial charge in [-0.05, 0) is 56.7 Å². The van der Waals surface area contributed by atoms with Gasteiger partial charge in [-0.25, -0.2) is 0 Å². The number of hydrogen-bond donors (Lipinski definition) is 2. The minimum atomic E-state index is 0.151. The van der Waals surface area contributed by atoms with E-state index in [9.17, 15) is 0 Å². The maximum absolute atomic E-state index is 5.72. The lowest BCUT2D eigenvalue weighted by molar-refractivity contribution is 0.269. The molecule has 2 rings (SSSR count). The van der Waals surface area contributed by atoms with E-state index in [0.717, 1.165) is 14.6 Å². The molecule has 0 aromatic carbocycles. The van der Waals surface area contributed by atoms with Crippen LogP contribution in [0.25, 0.3) is 0 Å². The second-order valence-electron chi connectivity index (χ2n) is 4.56. The summed E-state index contributed by atoms with van der Waals surface area (Å²) >= 11 is 6.99. The van der Waals surface area contributed by atoms with Gasteiger partial charge in [-0.3, -0.25) is 16.3 Å². The molecule has 1 aliphatic rings. The second-order valence-corrected chi connectivity index (χ2v) is 6.33. The molecule has 94 valence electrons. The smallest absolute Gasteiger partial charge is 0.0732 e. The minimum Gasteiger partial charge on any atom is -0.271 e. The van der Waals surface area contributed by atoms with Crippen LogP contribution in [0.5, 0.6) is 0 Å². The van der Waals surface area contributed by atoms with Crippen molar-refractivity contribution in [2.45, 2.75) is 38.1 Å². The predicted molar refractivity (Wildman–Crippen MR) is 76.3 cm³/mol. The Hall–Kier alpha value is 0.0300. The molecular formula is C12H17Br2N3. The lowest BCUT2D eigenvalue weighted by atomic mass is 9.83. The van der Waals surface area contributed by atoms with E-state index in [2.05, 4.69) is 42.3 Å². The van der Waals surface area contributed by atoms with Gasteiger partial charge in [-0.2, -0.15) is 0 Å². The van der Waals surface area contributed by atoms with E-state index >= 15 is 0 Å². The van der Waals surface area contributed by atoms with Crippen LogP contribution in [0, 0.1) is 5.92 Å². The van der Waals surface area contributed by atoms with Crippen LogP contribution in [0.15, 0.2) is 21.2 Å². The number of halogens is 2. The van der Waals surface area contributed by atoms with Crippen molar-refractivity contribution in [2.75, 3.05) is 0 Å². The van der Waals surface area contributed by atoms with Crippen LogP contribution >= 0.6 is 31.9 Å². The topological polar surface area (TPSA) is 50.9 Å². The highest BCUT2D eigenvalue weighted by molar-refractivity contribution is 9.11. The molecule has 1 aliphatic carbocycles. The average Bonchev–Trinajstić information content (AvgIpc) is 2.34. The van der Waals surface area contributed by atoms with Gasteiger partial charge in [0.25, 0.3) is 0 Å². The lowest BCUT2D eigenvalue weighted by Gasteiger charge is -2.29. The van der Waals surface area contributed by atoms with Gasteiger partial charge in [-0.1, -0.05) is 19.3 Å². The van der Waals surface area contributed by atoms with E-state index in [0.29, 0.717) is 5.92 Å². The van der Waals surface area contributed by atoms with Crippen molar-refractivity contribution in [1.82, 2.24) is 10.4 Å². The number of hydrazine groups is 1. The van der Waals surface area contributed by atoms with Crippen molar-refractivity contribution in [3.63, 3.8) is 0 Å². The first kappa shape index (κ1) is 13.5. The van der Waals surface area contributed by atoms with E-state index in [1.165, 1.54) is 32.1 Å². The monoisotopic (exact) mass is 361 g/mol. The van der Waals surface area contributed by atoms with Crippen LogP contribution in [0.3, 0.4) is 0 Å². The fourth-order valence-electron chi connectivity index (χ4n) is 2.56. The Morgan fingerprint density at radius 2 is 2.00 bits per heavy atom. The maximum Gasteiger partial charge on any atom is 0.0732 e. The van der Waals surface area contributed by atoms with Crippen LogP contribution in [0.1, 0.15) is 43.8 Å². The molecular weight excluding hydrogens is 346 g/mol. The Balaban J connectivity index is 2.21. The largest absolute Gasteiger partial charge is 0.271 e. The number of rotatable bonds is 3. The Morgan fingerprint density at radius 1 is 1.29 bits per heavy atom. The predicted octanol–water partition coefficient (Wildman–Crippen LogP) is 3.69. The van der Waals surface area contributed by atoms with Gasteiger partial charge < -0.3 is 0 Å². The fourth-order valence-corrected chi connectivity index (χ4v) is 3.79. The van der Waals surface area contributed by atoms with Gasteiger partial charge in [0.05, 0.1) is 11.7 Å². The van der Waals surface area contributed by atoms with E-state index in [1.54, 1.807) is 0 Å². The van der Waals surface area contributed by atoms with Crippen molar-refractivity contribution in [3.8, 4) is 0 Å². The number of pyridine rings is 1. The zero-order chi connectivity index (χ0) is 12.3. The number of nitrogens with one attached hydrogen (secondary N) is 1. The molecule has 0 spiro atoms. The third-order valence-corrected chi connectivity index (χ3v) is 4.50. The first-order chi connectivity index (χ1) is 8.22. The SMILES string of the molecule is NNC(c1ncc(Br)cc1Br)C1CCCCC1. The van der Waals surface area contributed by atoms with E-state index in [-0.39, 0.29) is 6.04 Å². The van der Waals surface area contributed by atoms with Crippen molar-refractivity contribution in [2.24, 2.45) is 11.8 Å². The maximum atomic E-state index is 5.72. The Kier molecular flexibility index (Phi) is 4.97. The molecule has 3 nitrogen and oxygen atoms in total. The molecule has 0 amide bonds. The van der Waals surface area contributed by atoms with Gasteiger partial charge in [0, 0.05) is 15.1 Å². The molecule has 1 fully saturated rings. The molecule has 1 unspecified atom stereocenters. The summed E-state index contributed by atoms with van der Waals surface area (Å²) in [4.78, 5) is 4.49. The lowest BCUT2D eigenvalue weighted by Crippen LogP contribution is -2.35. The summed E-state index contributed by atoms with van der Waals surface area (Å²) in [5, 5.41) is 0. The standard InChI is InChI=1S/C12H17Br2N3/c13-9-6-10(14)12(16-7-9)11(17-15)8-4-2-1-3-5-8/h6-8,11,17H,1-5,15H2. The molecule has 1 atom stereocenters. The molecule has 0 bridgehead atoms. The molecule has 0 aliphatic heterocycles. The van der Waals surface area contributed by atoms with Crippen LogP contribution in [0.2, 0.25) is 0 Å². The second kappa shape index (κ2) is 6.27. The quantitative estimate of drug-likeness (QED) is 0.636. The van der Waals surface area contributed by atoms with Gasteiger partial charge >= 0.3 is 0 Å². The van der Waals surface area contributed by atoms with Crippen molar-refractivity contribution >= 4 is 31.9 Å². The average molecular weight is 363 g/mol. The summed E-state index contributed by atoms with van der Waals surface area (Å²) < 4.78 is 1.99. The van der Waals surface area contributed by atoms with Crippen molar-refractivity contribution in [3.05, 3.63) is 26.9 Å². The van der Waals surface area contributed by atoms with Gasteiger partial charge in [0.2, 0.25) is 0 Å². The summed E-state index contributed by atoms with van der Waals surface area (Å²) in [7, 11) is 0. The molecule has 5 heteroatoms. The summed E-state index contributed by atoms with van der Waals surface area (Å²) in [5.41, 5.74) is 3.96. The van der Waals surface area contributed by atoms with Gasteiger partial charge in [-0.15, -0.1) is 0 Å². The van der Waals surface area contributed by atoms with Crippen LogP contribution in [-0.2, 0) is 0 Å². The highest BCUT2D eigenvalue weighted by Gasteiger charge is 2.26. The Morgan fingerprint density at radius 3 is 2.59 bits per heavy atom. The summed E-state index contributed by atoms with van der Waals surface area (Å²) in [6.07, 6.45) is 8.25. The zero-order valence-electron chi connectivity index (χ0n) is 9.63. The third-order valence-electron chi connectivity index (χ3n) is 3.43. The Bertz CT molecular complexity index is 378. The Labute approximate surface area is 119 Å². The van der Waals surface area contributed by atoms with Crippen molar-refractivity contribution in [1.29, 1.82) is 0 Å². The number of aromatic nitrogens is 1. The molecule has 1 aromatic heterocycles. The fraction of sp³-hybridized carbons (Fsp3) is 0.583. The summed E-state index contributed by atoms with van der Waals surface area (Å²) in [6, 6.07) is 2.17. The van der Waals surface area contributed by atoms with Crippen LogP contribution in [0.4, 0.5) is 0 Å². The van der Waals surface area contributed by atoms with Crippen LogP contribution < -0.4 is 11.3 Å². The first-order valence-electron chi connectivity index (χ1n) is 5.99. The number of nitrogens with two attached hydrogens (primary N) is 1. The van der Waals surface area contributed by atoms with Crippen molar-refractivity contribution < 1.29 is 0 Å².